The molecule has 2 saturated heterocycles. The molecule has 10 heteroatoms. The fraction of sp³-hybridized carbons (Fsp3) is 0.448. The van der Waals surface area contributed by atoms with Crippen LogP contribution in [0, 0.1) is 6.92 Å². The van der Waals surface area contributed by atoms with Gasteiger partial charge in [-0.25, -0.2) is 4.79 Å². The lowest BCUT2D eigenvalue weighted by molar-refractivity contribution is -0.137. The van der Waals surface area contributed by atoms with Crippen molar-refractivity contribution < 1.29 is 27.4 Å². The smallest absolute Gasteiger partial charge is 0.416 e. The van der Waals surface area contributed by atoms with Gasteiger partial charge < -0.3 is 19.7 Å². The molecular formula is C29H33F3N4O3. The van der Waals surface area contributed by atoms with Crippen LogP contribution in [-0.4, -0.2) is 64.8 Å². The van der Waals surface area contributed by atoms with E-state index in [0.717, 1.165) is 35.2 Å². The number of nitrogens with zero attached hydrogens (tertiary/aromatic N) is 3. The van der Waals surface area contributed by atoms with Crippen molar-refractivity contribution >= 4 is 28.4 Å². The molecule has 39 heavy (non-hydrogen) atoms. The molecule has 3 aromatic rings. The summed E-state index contributed by atoms with van der Waals surface area (Å²) in [6.07, 6.45) is -3.96. The third-order valence-corrected chi connectivity index (χ3v) is 6.99. The molecule has 2 aliphatic heterocycles. The third-order valence-electron chi connectivity index (χ3n) is 6.99. The standard InChI is InChI=1S/C29H33F3N4O3/c1-18-11-26(24-7-5-6-8-25(24)33-18)34-20-12-19(29(30,31)32)13-23(14-20)38-10-9-35-16-22-15-21(35)17-36(22)27(37)39-28(2,3)4/h5-8,11-14,21-22H,9-10,15-17H2,1-4H3,(H,33,34). The molecule has 1 N–H and O–H groups in total. The molecule has 7 nitrogen and oxygen atoms in total. The monoisotopic (exact) mass is 542 g/mol. The maximum atomic E-state index is 13.7. The number of aromatic nitrogens is 1. The Bertz CT molecular complexity index is 1370. The largest absolute Gasteiger partial charge is 0.492 e. The summed E-state index contributed by atoms with van der Waals surface area (Å²) in [7, 11) is 0. The van der Waals surface area contributed by atoms with Gasteiger partial charge in [0.2, 0.25) is 0 Å². The zero-order valence-corrected chi connectivity index (χ0v) is 22.5. The summed E-state index contributed by atoms with van der Waals surface area (Å²) in [4.78, 5) is 21.0. The fourth-order valence-electron chi connectivity index (χ4n) is 5.33. The number of rotatable bonds is 6. The van der Waals surface area contributed by atoms with Crippen LogP contribution in [0.1, 0.15) is 38.4 Å². The number of ether oxygens (including phenoxy) is 2. The molecule has 2 aromatic carbocycles. The Morgan fingerprint density at radius 2 is 1.85 bits per heavy atom. The van der Waals surface area contributed by atoms with Crippen molar-refractivity contribution in [2.75, 3.05) is 31.6 Å². The van der Waals surface area contributed by atoms with Crippen LogP contribution in [0.25, 0.3) is 10.9 Å². The topological polar surface area (TPSA) is 66.9 Å². The van der Waals surface area contributed by atoms with Gasteiger partial charge in [-0.15, -0.1) is 0 Å². The van der Waals surface area contributed by atoms with Crippen molar-refractivity contribution in [3.8, 4) is 5.75 Å². The van der Waals surface area contributed by atoms with Crippen LogP contribution in [0.15, 0.2) is 48.5 Å². The first-order chi connectivity index (χ1) is 18.4. The van der Waals surface area contributed by atoms with Gasteiger partial charge >= 0.3 is 12.3 Å². The van der Waals surface area contributed by atoms with Crippen molar-refractivity contribution in [2.24, 2.45) is 0 Å². The molecule has 1 amide bonds. The first-order valence-corrected chi connectivity index (χ1v) is 13.1. The van der Waals surface area contributed by atoms with Gasteiger partial charge in [0, 0.05) is 60.2 Å². The Kier molecular flexibility index (Phi) is 7.09. The van der Waals surface area contributed by atoms with E-state index in [2.05, 4.69) is 15.2 Å². The van der Waals surface area contributed by atoms with Crippen LogP contribution >= 0.6 is 0 Å². The summed E-state index contributed by atoms with van der Waals surface area (Å²) >= 11 is 0. The molecule has 3 heterocycles. The second-order valence-electron chi connectivity index (χ2n) is 11.2. The van der Waals surface area contributed by atoms with E-state index in [1.807, 2.05) is 58.0 Å². The second kappa shape index (κ2) is 10.2. The lowest BCUT2D eigenvalue weighted by Gasteiger charge is -2.35. The second-order valence-corrected chi connectivity index (χ2v) is 11.2. The molecule has 1 aromatic heterocycles. The molecule has 2 aliphatic rings. The molecule has 208 valence electrons. The minimum atomic E-state index is -4.52. The number of anilines is 2. The fourth-order valence-corrected chi connectivity index (χ4v) is 5.33. The zero-order valence-electron chi connectivity index (χ0n) is 22.5. The van der Waals surface area contributed by atoms with Crippen molar-refractivity contribution in [3.63, 3.8) is 0 Å². The predicted molar refractivity (Wildman–Crippen MR) is 143 cm³/mol. The lowest BCUT2D eigenvalue weighted by Crippen LogP contribution is -2.50. The maximum absolute atomic E-state index is 13.7. The van der Waals surface area contributed by atoms with Crippen LogP contribution in [0.5, 0.6) is 5.75 Å². The highest BCUT2D eigenvalue weighted by molar-refractivity contribution is 5.93. The zero-order chi connectivity index (χ0) is 27.9. The van der Waals surface area contributed by atoms with Gasteiger partial charge in [0.25, 0.3) is 0 Å². The van der Waals surface area contributed by atoms with Crippen LogP contribution in [-0.2, 0) is 10.9 Å². The van der Waals surface area contributed by atoms with E-state index in [1.165, 1.54) is 0 Å². The number of fused-ring (bicyclic) bond motifs is 3. The van der Waals surface area contributed by atoms with Crippen LogP contribution < -0.4 is 10.1 Å². The molecule has 2 bridgehead atoms. The first kappa shape index (κ1) is 27.1. The van der Waals surface area contributed by atoms with Crippen molar-refractivity contribution in [1.29, 1.82) is 0 Å². The van der Waals surface area contributed by atoms with Crippen molar-refractivity contribution in [3.05, 3.63) is 59.8 Å². The number of benzene rings is 2. The van der Waals surface area contributed by atoms with Gasteiger partial charge in [0.05, 0.1) is 11.1 Å². The number of para-hydroxylation sites is 1. The Labute approximate surface area is 225 Å². The Hall–Kier alpha value is -3.53. The Balaban J connectivity index is 1.25. The van der Waals surface area contributed by atoms with Crippen LogP contribution in [0.2, 0.25) is 0 Å². The van der Waals surface area contributed by atoms with Crippen molar-refractivity contribution in [1.82, 2.24) is 14.8 Å². The molecular weight excluding hydrogens is 509 g/mol. The highest BCUT2D eigenvalue weighted by Gasteiger charge is 2.46. The van der Waals surface area contributed by atoms with E-state index in [0.29, 0.717) is 25.3 Å². The number of piperazine rings is 1. The van der Waals surface area contributed by atoms with Crippen LogP contribution in [0.4, 0.5) is 29.3 Å². The number of carbonyl (C=O) groups is 1. The summed E-state index contributed by atoms with van der Waals surface area (Å²) in [5.41, 5.74) is 1.13. The predicted octanol–water partition coefficient (Wildman–Crippen LogP) is 6.38. The number of nitrogens with one attached hydrogen (secondary N) is 1. The molecule has 0 aliphatic carbocycles. The average Bonchev–Trinajstić information content (AvgIpc) is 3.43. The molecule has 2 fully saturated rings. The van der Waals surface area contributed by atoms with Gasteiger partial charge in [-0.2, -0.15) is 13.2 Å². The number of alkyl halides is 3. The minimum absolute atomic E-state index is 0.0767. The summed E-state index contributed by atoms with van der Waals surface area (Å²) in [6, 6.07) is 13.3. The van der Waals surface area contributed by atoms with E-state index in [-0.39, 0.29) is 36.2 Å². The van der Waals surface area contributed by atoms with Gasteiger partial charge in [-0.1, -0.05) is 18.2 Å². The normalized spacial score (nSPS) is 19.5. The average molecular weight is 543 g/mol. The summed E-state index contributed by atoms with van der Waals surface area (Å²) in [6.45, 7) is 9.43. The number of amides is 1. The highest BCUT2D eigenvalue weighted by atomic mass is 19.4. The van der Waals surface area contributed by atoms with E-state index in [4.69, 9.17) is 9.47 Å². The van der Waals surface area contributed by atoms with E-state index >= 15 is 0 Å². The maximum Gasteiger partial charge on any atom is 0.416 e. The number of aryl methyl sites for hydroxylation is 1. The lowest BCUT2D eigenvalue weighted by atomic mass is 10.1. The number of pyridine rings is 1. The molecule has 0 radical (unpaired) electrons. The summed E-state index contributed by atoms with van der Waals surface area (Å²) in [5, 5.41) is 3.96. The van der Waals surface area contributed by atoms with Gasteiger partial charge in [-0.05, 0) is 58.4 Å². The molecule has 2 atom stereocenters. The molecule has 0 spiro atoms. The van der Waals surface area contributed by atoms with Crippen molar-refractivity contribution in [2.45, 2.75) is 58.0 Å². The van der Waals surface area contributed by atoms with Gasteiger partial charge in [0.1, 0.15) is 18.0 Å². The van der Waals surface area contributed by atoms with E-state index in [1.54, 1.807) is 11.0 Å². The highest BCUT2D eigenvalue weighted by Crippen LogP contribution is 2.36. The number of hydrogen-bond acceptors (Lipinski definition) is 6. The molecule has 2 unspecified atom stereocenters. The van der Waals surface area contributed by atoms with Gasteiger partial charge in [0.15, 0.2) is 0 Å². The SMILES string of the molecule is Cc1cc(Nc2cc(OCCN3CC4CC3CN4C(=O)OC(C)(C)C)cc(C(F)(F)F)c2)c2ccccc2n1. The van der Waals surface area contributed by atoms with Crippen LogP contribution in [0.3, 0.4) is 0 Å². The molecule has 5 rings (SSSR count). The first-order valence-electron chi connectivity index (χ1n) is 13.1. The molecule has 0 saturated carbocycles. The Morgan fingerprint density at radius 3 is 2.54 bits per heavy atom. The quantitative estimate of drug-likeness (QED) is 0.390. The van der Waals surface area contributed by atoms with Gasteiger partial charge in [-0.3, -0.25) is 9.88 Å². The number of halogens is 3. The summed E-state index contributed by atoms with van der Waals surface area (Å²) in [5.74, 6) is 0.141. The van der Waals surface area contributed by atoms with E-state index < -0.39 is 17.3 Å². The van der Waals surface area contributed by atoms with E-state index in [9.17, 15) is 18.0 Å². The number of likely N-dealkylation sites (tertiary alicyclic amines) is 2. The third kappa shape index (κ3) is 6.21. The minimum Gasteiger partial charge on any atom is -0.492 e. The number of carbonyl (C=O) groups excluding carboxylic acids is 1. The number of hydrogen-bond donors (Lipinski definition) is 1. The Morgan fingerprint density at radius 1 is 1.08 bits per heavy atom. The summed E-state index contributed by atoms with van der Waals surface area (Å²) < 4.78 is 52.6.